The Kier molecular flexibility index (Phi) is 6.43. The molecular weight excluding hydrogens is 364 g/mol. The number of hydrogen-bond acceptors (Lipinski definition) is 4. The van der Waals surface area contributed by atoms with Crippen molar-refractivity contribution < 1.29 is 13.2 Å². The van der Waals surface area contributed by atoms with Gasteiger partial charge in [0.15, 0.2) is 0 Å². The SMILES string of the molecule is CCN(CC)S(=O)(=O)c1c(C)nn(CC(=O)Nc2cc(C)ccc2C)c1C. The molecule has 7 nitrogen and oxygen atoms in total. The van der Waals surface area contributed by atoms with Gasteiger partial charge in [0.1, 0.15) is 11.4 Å². The van der Waals surface area contributed by atoms with Crippen LogP contribution in [0.5, 0.6) is 0 Å². The van der Waals surface area contributed by atoms with E-state index in [1.54, 1.807) is 27.7 Å². The maximum absolute atomic E-state index is 12.9. The van der Waals surface area contributed by atoms with Gasteiger partial charge in [-0.05, 0) is 44.9 Å². The van der Waals surface area contributed by atoms with Crippen LogP contribution in [0.25, 0.3) is 0 Å². The Bertz CT molecular complexity index is 944. The number of sulfonamides is 1. The van der Waals surface area contributed by atoms with E-state index < -0.39 is 10.0 Å². The van der Waals surface area contributed by atoms with Gasteiger partial charge in [0.05, 0.1) is 11.4 Å². The summed E-state index contributed by atoms with van der Waals surface area (Å²) in [7, 11) is -3.63. The molecule has 0 aliphatic rings. The van der Waals surface area contributed by atoms with Crippen LogP contribution in [0, 0.1) is 27.7 Å². The number of carbonyl (C=O) groups excluding carboxylic acids is 1. The highest BCUT2D eigenvalue weighted by Gasteiger charge is 2.29. The van der Waals surface area contributed by atoms with Crippen molar-refractivity contribution in [2.24, 2.45) is 0 Å². The number of hydrogen-bond donors (Lipinski definition) is 1. The zero-order valence-electron chi connectivity index (χ0n) is 16.8. The average Bonchev–Trinajstić information content (AvgIpc) is 2.86. The van der Waals surface area contributed by atoms with Gasteiger partial charge in [-0.15, -0.1) is 0 Å². The van der Waals surface area contributed by atoms with Crippen LogP contribution in [0.2, 0.25) is 0 Å². The van der Waals surface area contributed by atoms with Gasteiger partial charge in [0.2, 0.25) is 15.9 Å². The molecule has 2 aromatic rings. The number of benzene rings is 1. The van der Waals surface area contributed by atoms with Crippen LogP contribution < -0.4 is 5.32 Å². The molecule has 0 saturated carbocycles. The molecule has 8 heteroatoms. The molecule has 0 saturated heterocycles. The van der Waals surface area contributed by atoms with Crippen molar-refractivity contribution in [3.63, 3.8) is 0 Å². The lowest BCUT2D eigenvalue weighted by atomic mass is 10.1. The summed E-state index contributed by atoms with van der Waals surface area (Å²) in [6, 6.07) is 5.84. The van der Waals surface area contributed by atoms with Gasteiger partial charge in [-0.1, -0.05) is 26.0 Å². The fraction of sp³-hybridized carbons (Fsp3) is 0.474. The molecule has 0 fully saturated rings. The largest absolute Gasteiger partial charge is 0.324 e. The minimum atomic E-state index is -3.63. The Morgan fingerprint density at radius 2 is 1.78 bits per heavy atom. The van der Waals surface area contributed by atoms with Crippen molar-refractivity contribution in [1.29, 1.82) is 0 Å². The summed E-state index contributed by atoms with van der Waals surface area (Å²) in [6.45, 7) is 11.5. The molecule has 0 aliphatic heterocycles. The lowest BCUT2D eigenvalue weighted by molar-refractivity contribution is -0.116. The molecule has 148 valence electrons. The monoisotopic (exact) mass is 392 g/mol. The molecule has 1 amide bonds. The van der Waals surface area contributed by atoms with E-state index >= 15 is 0 Å². The van der Waals surface area contributed by atoms with Crippen LogP contribution in [0.3, 0.4) is 0 Å². The summed E-state index contributed by atoms with van der Waals surface area (Å²) in [5.74, 6) is -0.249. The third-order valence-electron chi connectivity index (χ3n) is 4.58. The Balaban J connectivity index is 2.28. The Morgan fingerprint density at radius 1 is 1.15 bits per heavy atom. The minimum Gasteiger partial charge on any atom is -0.324 e. The summed E-state index contributed by atoms with van der Waals surface area (Å²) in [4.78, 5) is 12.7. The molecule has 0 spiro atoms. The second-order valence-corrected chi connectivity index (χ2v) is 8.49. The van der Waals surface area contributed by atoms with Gasteiger partial charge in [0.25, 0.3) is 0 Å². The summed E-state index contributed by atoms with van der Waals surface area (Å²) in [5, 5.41) is 7.18. The molecule has 1 heterocycles. The number of aromatic nitrogens is 2. The predicted molar refractivity (Wildman–Crippen MR) is 106 cm³/mol. The number of aryl methyl sites for hydroxylation is 3. The van der Waals surface area contributed by atoms with Crippen LogP contribution in [0.1, 0.15) is 36.4 Å². The molecule has 1 N–H and O–H groups in total. The fourth-order valence-corrected chi connectivity index (χ4v) is 4.93. The lowest BCUT2D eigenvalue weighted by Gasteiger charge is -2.18. The molecule has 0 bridgehead atoms. The maximum Gasteiger partial charge on any atom is 0.246 e. The van der Waals surface area contributed by atoms with Crippen LogP contribution in [-0.2, 0) is 21.4 Å². The molecule has 27 heavy (non-hydrogen) atoms. The van der Waals surface area contributed by atoms with Crippen LogP contribution in [0.15, 0.2) is 23.1 Å². The fourth-order valence-electron chi connectivity index (χ4n) is 3.10. The van der Waals surface area contributed by atoms with Crippen LogP contribution >= 0.6 is 0 Å². The van der Waals surface area contributed by atoms with Gasteiger partial charge >= 0.3 is 0 Å². The molecule has 0 atom stereocenters. The van der Waals surface area contributed by atoms with E-state index in [1.807, 2.05) is 32.0 Å². The van der Waals surface area contributed by atoms with E-state index in [-0.39, 0.29) is 17.3 Å². The van der Waals surface area contributed by atoms with Gasteiger partial charge in [0, 0.05) is 18.8 Å². The van der Waals surface area contributed by atoms with E-state index in [9.17, 15) is 13.2 Å². The third kappa shape index (κ3) is 4.39. The number of anilines is 1. The molecular formula is C19H28N4O3S. The summed E-state index contributed by atoms with van der Waals surface area (Å²) in [6.07, 6.45) is 0. The highest BCUT2D eigenvalue weighted by Crippen LogP contribution is 2.23. The summed E-state index contributed by atoms with van der Waals surface area (Å²) < 4.78 is 28.6. The highest BCUT2D eigenvalue weighted by molar-refractivity contribution is 7.89. The smallest absolute Gasteiger partial charge is 0.246 e. The van der Waals surface area contributed by atoms with Crippen molar-refractivity contribution in [3.8, 4) is 0 Å². The topological polar surface area (TPSA) is 84.3 Å². The van der Waals surface area contributed by atoms with E-state index in [0.29, 0.717) is 24.5 Å². The predicted octanol–water partition coefficient (Wildman–Crippen LogP) is 2.79. The maximum atomic E-state index is 12.9. The normalized spacial score (nSPS) is 11.8. The summed E-state index contributed by atoms with van der Waals surface area (Å²) >= 11 is 0. The van der Waals surface area contributed by atoms with Crippen LogP contribution in [-0.4, -0.2) is 41.5 Å². The Hall–Kier alpha value is -2.19. The first-order valence-electron chi connectivity index (χ1n) is 9.03. The second kappa shape index (κ2) is 8.22. The van der Waals surface area contributed by atoms with E-state index in [0.717, 1.165) is 16.8 Å². The van der Waals surface area contributed by atoms with Gasteiger partial charge in [-0.2, -0.15) is 9.40 Å². The van der Waals surface area contributed by atoms with Gasteiger partial charge in [-0.25, -0.2) is 8.42 Å². The molecule has 1 aromatic carbocycles. The molecule has 0 aliphatic carbocycles. The highest BCUT2D eigenvalue weighted by atomic mass is 32.2. The summed E-state index contributed by atoms with van der Waals surface area (Å²) in [5.41, 5.74) is 3.63. The van der Waals surface area contributed by atoms with Crippen molar-refractivity contribution in [2.45, 2.75) is 53.0 Å². The van der Waals surface area contributed by atoms with Crippen molar-refractivity contribution in [1.82, 2.24) is 14.1 Å². The Labute approximate surface area is 161 Å². The first-order valence-corrected chi connectivity index (χ1v) is 10.5. The number of nitrogens with zero attached hydrogens (tertiary/aromatic N) is 3. The quantitative estimate of drug-likeness (QED) is 0.785. The average molecular weight is 393 g/mol. The molecule has 0 unspecified atom stereocenters. The number of nitrogens with one attached hydrogen (secondary N) is 1. The van der Waals surface area contributed by atoms with Crippen LogP contribution in [0.4, 0.5) is 5.69 Å². The van der Waals surface area contributed by atoms with Crippen molar-refractivity contribution in [2.75, 3.05) is 18.4 Å². The lowest BCUT2D eigenvalue weighted by Crippen LogP contribution is -2.31. The first kappa shape index (κ1) is 21.1. The number of rotatable bonds is 7. The van der Waals surface area contributed by atoms with Crippen molar-refractivity contribution >= 4 is 21.6 Å². The third-order valence-corrected chi connectivity index (χ3v) is 6.88. The van der Waals surface area contributed by atoms with E-state index in [1.165, 1.54) is 8.99 Å². The molecule has 1 aromatic heterocycles. The number of amides is 1. The zero-order chi connectivity index (χ0) is 20.4. The number of carbonyl (C=O) groups is 1. The molecule has 0 radical (unpaired) electrons. The van der Waals surface area contributed by atoms with Crippen molar-refractivity contribution in [3.05, 3.63) is 40.7 Å². The van der Waals surface area contributed by atoms with E-state index in [2.05, 4.69) is 10.4 Å². The first-order chi connectivity index (χ1) is 12.6. The molecule has 2 rings (SSSR count). The van der Waals surface area contributed by atoms with E-state index in [4.69, 9.17) is 0 Å². The van der Waals surface area contributed by atoms with Gasteiger partial charge < -0.3 is 5.32 Å². The Morgan fingerprint density at radius 3 is 2.37 bits per heavy atom. The second-order valence-electron chi connectivity index (χ2n) is 6.61. The minimum absolute atomic E-state index is 0.0478. The standard InChI is InChI=1S/C19H28N4O3S/c1-7-22(8-2)27(25,26)19-15(5)21-23(16(19)6)12-18(24)20-17-11-13(3)9-10-14(17)4/h9-11H,7-8,12H2,1-6H3,(H,20,24). The zero-order valence-corrected chi connectivity index (χ0v) is 17.6. The van der Waals surface area contributed by atoms with Gasteiger partial charge in [-0.3, -0.25) is 9.48 Å².